The van der Waals surface area contributed by atoms with Crippen molar-refractivity contribution in [3.8, 4) is 0 Å². The molecule has 0 aliphatic heterocycles. The Labute approximate surface area is 157 Å². The number of thioether (sulfide) groups is 1. The normalized spacial score (nSPS) is 12.6. The summed E-state index contributed by atoms with van der Waals surface area (Å²) in [6, 6.07) is 4.77. The zero-order chi connectivity index (χ0) is 20.2. The minimum absolute atomic E-state index is 0.112. The van der Waals surface area contributed by atoms with Crippen LogP contribution in [0.5, 0.6) is 0 Å². The average molecular weight is 401 g/mol. The van der Waals surface area contributed by atoms with E-state index in [2.05, 4.69) is 15.5 Å². The van der Waals surface area contributed by atoms with Gasteiger partial charge in [0.25, 0.3) is 0 Å². The molecule has 0 radical (unpaired) electrons. The van der Waals surface area contributed by atoms with Crippen molar-refractivity contribution in [3.63, 3.8) is 0 Å². The summed E-state index contributed by atoms with van der Waals surface area (Å²) in [6.07, 6.45) is -4.15. The molecular formula is C16H18F3N5O2S. The summed E-state index contributed by atoms with van der Waals surface area (Å²) in [5.41, 5.74) is 3.88. The molecule has 2 aromatic rings. The van der Waals surface area contributed by atoms with Crippen molar-refractivity contribution in [2.24, 2.45) is 12.8 Å². The Morgan fingerprint density at radius 3 is 2.59 bits per heavy atom. The number of aromatic nitrogens is 3. The van der Waals surface area contributed by atoms with Crippen LogP contribution < -0.4 is 11.1 Å². The van der Waals surface area contributed by atoms with E-state index in [0.29, 0.717) is 17.4 Å². The monoisotopic (exact) mass is 401 g/mol. The molecule has 1 aromatic heterocycles. The molecule has 0 bridgehead atoms. The average Bonchev–Trinajstić information content (AvgIpc) is 2.92. The second kappa shape index (κ2) is 8.42. The number of carbonyl (C=O) groups is 2. The number of nitrogens with one attached hydrogen (secondary N) is 1. The van der Waals surface area contributed by atoms with Crippen molar-refractivity contribution in [3.05, 3.63) is 35.7 Å². The van der Waals surface area contributed by atoms with E-state index in [0.717, 1.165) is 17.8 Å². The molecule has 0 saturated carbocycles. The fourth-order valence-electron chi connectivity index (χ4n) is 2.19. The first-order valence-electron chi connectivity index (χ1n) is 7.90. The van der Waals surface area contributed by atoms with E-state index in [4.69, 9.17) is 5.73 Å². The molecule has 0 aliphatic rings. The Morgan fingerprint density at radius 2 is 1.96 bits per heavy atom. The number of hydrogen-bond donors (Lipinski definition) is 2. The summed E-state index contributed by atoms with van der Waals surface area (Å²) >= 11 is 1.05. The molecule has 7 nitrogen and oxygen atoms in total. The van der Waals surface area contributed by atoms with Gasteiger partial charge in [-0.15, -0.1) is 10.2 Å². The first-order valence-corrected chi connectivity index (χ1v) is 8.78. The smallest absolute Gasteiger partial charge is 0.370 e. The number of para-hydroxylation sites is 1. The molecule has 146 valence electrons. The SMILES string of the molecule is C[C@H](Sc1nnc(CCC(N)=O)n1C)C(=O)Nc1ccccc1C(F)(F)F. The van der Waals surface area contributed by atoms with Gasteiger partial charge in [0, 0.05) is 19.9 Å². The van der Waals surface area contributed by atoms with E-state index in [1.165, 1.54) is 18.2 Å². The maximum atomic E-state index is 13.0. The molecule has 0 fully saturated rings. The van der Waals surface area contributed by atoms with E-state index in [-0.39, 0.29) is 12.1 Å². The summed E-state index contributed by atoms with van der Waals surface area (Å²) in [5, 5.41) is 9.86. The van der Waals surface area contributed by atoms with E-state index in [1.54, 1.807) is 18.5 Å². The topological polar surface area (TPSA) is 103 Å². The van der Waals surface area contributed by atoms with Crippen LogP contribution in [-0.2, 0) is 29.2 Å². The number of carbonyl (C=O) groups excluding carboxylic acids is 2. The van der Waals surface area contributed by atoms with Gasteiger partial charge in [0.05, 0.1) is 16.5 Å². The van der Waals surface area contributed by atoms with Crippen molar-refractivity contribution in [1.29, 1.82) is 0 Å². The molecule has 27 heavy (non-hydrogen) atoms. The number of primary amides is 1. The van der Waals surface area contributed by atoms with Crippen LogP contribution in [0, 0.1) is 0 Å². The number of amides is 2. The molecule has 1 atom stereocenters. The van der Waals surface area contributed by atoms with Gasteiger partial charge in [-0.2, -0.15) is 13.2 Å². The first kappa shape index (κ1) is 20.7. The Bertz CT molecular complexity index is 838. The van der Waals surface area contributed by atoms with Crippen molar-refractivity contribution >= 4 is 29.3 Å². The third-order valence-corrected chi connectivity index (χ3v) is 4.80. The van der Waals surface area contributed by atoms with Gasteiger partial charge in [-0.3, -0.25) is 9.59 Å². The van der Waals surface area contributed by atoms with E-state index in [9.17, 15) is 22.8 Å². The Balaban J connectivity index is 2.06. The van der Waals surface area contributed by atoms with Crippen LogP contribution in [0.25, 0.3) is 0 Å². The predicted octanol–water partition coefficient (Wildman–Crippen LogP) is 2.37. The second-order valence-corrected chi connectivity index (χ2v) is 7.02. The van der Waals surface area contributed by atoms with Crippen LogP contribution in [-0.4, -0.2) is 31.8 Å². The Hall–Kier alpha value is -2.56. The maximum Gasteiger partial charge on any atom is 0.418 e. The minimum Gasteiger partial charge on any atom is -0.370 e. The second-order valence-electron chi connectivity index (χ2n) is 5.72. The molecular weight excluding hydrogens is 383 g/mol. The highest BCUT2D eigenvalue weighted by molar-refractivity contribution is 8.00. The largest absolute Gasteiger partial charge is 0.418 e. The number of rotatable bonds is 7. The number of halogens is 3. The number of alkyl halides is 3. The first-order chi connectivity index (χ1) is 12.6. The Morgan fingerprint density at radius 1 is 1.30 bits per heavy atom. The molecule has 11 heteroatoms. The molecule has 0 unspecified atom stereocenters. The zero-order valence-corrected chi connectivity index (χ0v) is 15.4. The van der Waals surface area contributed by atoms with E-state index < -0.39 is 28.8 Å². The quantitative estimate of drug-likeness (QED) is 0.694. The molecule has 3 N–H and O–H groups in total. The zero-order valence-electron chi connectivity index (χ0n) is 14.6. The lowest BCUT2D eigenvalue weighted by atomic mass is 10.1. The molecule has 2 rings (SSSR count). The van der Waals surface area contributed by atoms with Crippen LogP contribution in [0.3, 0.4) is 0 Å². The van der Waals surface area contributed by atoms with Crippen LogP contribution in [0.1, 0.15) is 24.7 Å². The van der Waals surface area contributed by atoms with Gasteiger partial charge in [-0.25, -0.2) is 0 Å². The molecule has 0 saturated heterocycles. The van der Waals surface area contributed by atoms with Crippen LogP contribution in [0.4, 0.5) is 18.9 Å². The minimum atomic E-state index is -4.57. The highest BCUT2D eigenvalue weighted by Gasteiger charge is 2.34. The van der Waals surface area contributed by atoms with E-state index >= 15 is 0 Å². The van der Waals surface area contributed by atoms with Gasteiger partial charge in [0.2, 0.25) is 11.8 Å². The number of benzene rings is 1. The summed E-state index contributed by atoms with van der Waals surface area (Å²) < 4.78 is 40.7. The molecule has 0 aliphatic carbocycles. The molecule has 2 amide bonds. The summed E-state index contributed by atoms with van der Waals surface area (Å²) in [5.74, 6) is -0.548. The lowest BCUT2D eigenvalue weighted by molar-refractivity contribution is -0.137. The van der Waals surface area contributed by atoms with Gasteiger partial charge in [-0.1, -0.05) is 23.9 Å². The van der Waals surface area contributed by atoms with Gasteiger partial charge >= 0.3 is 6.18 Å². The van der Waals surface area contributed by atoms with E-state index in [1.807, 2.05) is 0 Å². The fourth-order valence-corrected chi connectivity index (χ4v) is 3.02. The number of nitrogens with two attached hydrogens (primary N) is 1. The van der Waals surface area contributed by atoms with Gasteiger partial charge in [0.1, 0.15) is 5.82 Å². The number of nitrogens with zero attached hydrogens (tertiary/aromatic N) is 3. The van der Waals surface area contributed by atoms with Gasteiger partial charge < -0.3 is 15.6 Å². The van der Waals surface area contributed by atoms with Crippen molar-refractivity contribution in [1.82, 2.24) is 14.8 Å². The number of hydrogen-bond acceptors (Lipinski definition) is 5. The molecule has 1 heterocycles. The highest BCUT2D eigenvalue weighted by atomic mass is 32.2. The number of anilines is 1. The van der Waals surface area contributed by atoms with Crippen LogP contribution in [0.2, 0.25) is 0 Å². The maximum absolute atomic E-state index is 13.0. The van der Waals surface area contributed by atoms with Crippen LogP contribution >= 0.6 is 11.8 Å². The standard InChI is InChI=1S/C16H18F3N5O2S/c1-9(27-15-23-22-13(24(15)2)8-7-12(20)25)14(26)21-11-6-4-3-5-10(11)16(17,18)19/h3-6,9H,7-8H2,1-2H3,(H2,20,25)(H,21,26)/t9-/m0/s1. The lowest BCUT2D eigenvalue weighted by Crippen LogP contribution is -2.24. The van der Waals surface area contributed by atoms with Gasteiger partial charge in [-0.05, 0) is 19.1 Å². The van der Waals surface area contributed by atoms with Crippen molar-refractivity contribution in [2.75, 3.05) is 5.32 Å². The third kappa shape index (κ3) is 5.46. The summed E-state index contributed by atoms with van der Waals surface area (Å²) in [4.78, 5) is 23.2. The van der Waals surface area contributed by atoms with Gasteiger partial charge in [0.15, 0.2) is 5.16 Å². The summed E-state index contributed by atoms with van der Waals surface area (Å²) in [6.45, 7) is 1.55. The van der Waals surface area contributed by atoms with Crippen molar-refractivity contribution < 1.29 is 22.8 Å². The van der Waals surface area contributed by atoms with Crippen molar-refractivity contribution in [2.45, 2.75) is 36.3 Å². The summed E-state index contributed by atoms with van der Waals surface area (Å²) in [7, 11) is 1.67. The predicted molar refractivity (Wildman–Crippen MR) is 93.9 cm³/mol. The molecule has 1 aromatic carbocycles. The molecule has 0 spiro atoms. The lowest BCUT2D eigenvalue weighted by Gasteiger charge is -2.16. The highest BCUT2D eigenvalue weighted by Crippen LogP contribution is 2.35. The number of aryl methyl sites for hydroxylation is 1. The Kier molecular flexibility index (Phi) is 6.47. The third-order valence-electron chi connectivity index (χ3n) is 3.66. The van der Waals surface area contributed by atoms with Crippen LogP contribution in [0.15, 0.2) is 29.4 Å². The fraction of sp³-hybridized carbons (Fsp3) is 0.375.